The highest BCUT2D eigenvalue weighted by Gasteiger charge is 2.43. The SMILES string of the molecule is COc1cccc(NC(=O)NC[C@@H]2COC3(CCCC3)O2)c1OC. The van der Waals surface area contributed by atoms with Gasteiger partial charge in [-0.05, 0) is 25.0 Å². The number of para-hydroxylation sites is 1. The van der Waals surface area contributed by atoms with Crippen LogP contribution in [0.3, 0.4) is 0 Å². The fourth-order valence-electron chi connectivity index (χ4n) is 3.25. The first-order chi connectivity index (χ1) is 11.7. The fraction of sp³-hybridized carbons (Fsp3) is 0.588. The number of nitrogens with one attached hydrogen (secondary N) is 2. The van der Waals surface area contributed by atoms with E-state index in [0.29, 0.717) is 30.3 Å². The number of rotatable bonds is 5. The Morgan fingerprint density at radius 2 is 2.08 bits per heavy atom. The first-order valence-corrected chi connectivity index (χ1v) is 8.23. The molecule has 7 nitrogen and oxygen atoms in total. The maximum atomic E-state index is 12.1. The number of ether oxygens (including phenoxy) is 4. The first kappa shape index (κ1) is 16.9. The highest BCUT2D eigenvalue weighted by Crippen LogP contribution is 2.39. The zero-order valence-corrected chi connectivity index (χ0v) is 14.1. The number of carbonyl (C=O) groups is 1. The number of hydrogen-bond acceptors (Lipinski definition) is 5. The second kappa shape index (κ2) is 7.27. The molecular weight excluding hydrogens is 312 g/mol. The van der Waals surface area contributed by atoms with Gasteiger partial charge >= 0.3 is 6.03 Å². The Hall–Kier alpha value is -1.99. The minimum Gasteiger partial charge on any atom is -0.493 e. The van der Waals surface area contributed by atoms with E-state index in [1.54, 1.807) is 25.3 Å². The Morgan fingerprint density at radius 1 is 1.29 bits per heavy atom. The van der Waals surface area contributed by atoms with Crippen molar-refractivity contribution in [2.45, 2.75) is 37.6 Å². The largest absolute Gasteiger partial charge is 0.493 e. The number of anilines is 1. The minimum absolute atomic E-state index is 0.110. The van der Waals surface area contributed by atoms with Crippen LogP contribution in [0.25, 0.3) is 0 Å². The average Bonchev–Trinajstić information content (AvgIpc) is 3.22. The number of methoxy groups -OCH3 is 2. The zero-order valence-electron chi connectivity index (χ0n) is 14.1. The Morgan fingerprint density at radius 3 is 2.79 bits per heavy atom. The third-order valence-corrected chi connectivity index (χ3v) is 4.42. The summed E-state index contributed by atoms with van der Waals surface area (Å²) in [6.45, 7) is 0.919. The summed E-state index contributed by atoms with van der Waals surface area (Å²) in [4.78, 5) is 12.1. The van der Waals surface area contributed by atoms with Gasteiger partial charge in [-0.25, -0.2) is 4.79 Å². The molecule has 1 spiro atoms. The maximum Gasteiger partial charge on any atom is 0.319 e. The number of benzene rings is 1. The van der Waals surface area contributed by atoms with Crippen LogP contribution in [0.2, 0.25) is 0 Å². The molecular formula is C17H24N2O5. The van der Waals surface area contributed by atoms with Gasteiger partial charge in [0.25, 0.3) is 0 Å². The standard InChI is InChI=1S/C17H24N2O5/c1-21-14-7-5-6-13(15(14)22-2)19-16(20)18-10-12-11-23-17(24-12)8-3-4-9-17/h5-7,12H,3-4,8-11H2,1-2H3,(H2,18,19,20)/t12-/m1/s1. The third kappa shape index (κ3) is 3.57. The molecule has 2 aliphatic rings. The lowest BCUT2D eigenvalue weighted by molar-refractivity contribution is -0.160. The minimum atomic E-state index is -0.404. The second-order valence-electron chi connectivity index (χ2n) is 6.04. The van der Waals surface area contributed by atoms with Crippen LogP contribution in [0.1, 0.15) is 25.7 Å². The van der Waals surface area contributed by atoms with E-state index in [9.17, 15) is 4.79 Å². The van der Waals surface area contributed by atoms with Crippen molar-refractivity contribution in [3.63, 3.8) is 0 Å². The molecule has 132 valence electrons. The van der Waals surface area contributed by atoms with Crippen LogP contribution in [-0.2, 0) is 9.47 Å². The van der Waals surface area contributed by atoms with Crippen LogP contribution >= 0.6 is 0 Å². The number of amides is 2. The number of carbonyl (C=O) groups excluding carboxylic acids is 1. The lowest BCUT2D eigenvalue weighted by Crippen LogP contribution is -2.37. The van der Waals surface area contributed by atoms with Crippen molar-refractivity contribution in [2.75, 3.05) is 32.7 Å². The van der Waals surface area contributed by atoms with Gasteiger partial charge < -0.3 is 29.6 Å². The van der Waals surface area contributed by atoms with Gasteiger partial charge in [0.2, 0.25) is 0 Å². The molecule has 0 radical (unpaired) electrons. The summed E-state index contributed by atoms with van der Waals surface area (Å²) in [7, 11) is 3.09. The van der Waals surface area contributed by atoms with Gasteiger partial charge in [0.1, 0.15) is 6.10 Å². The van der Waals surface area contributed by atoms with Gasteiger partial charge in [-0.15, -0.1) is 0 Å². The molecule has 1 aromatic rings. The van der Waals surface area contributed by atoms with Crippen LogP contribution in [0.15, 0.2) is 18.2 Å². The maximum absolute atomic E-state index is 12.1. The Labute approximate surface area is 141 Å². The van der Waals surface area contributed by atoms with Crippen LogP contribution < -0.4 is 20.1 Å². The van der Waals surface area contributed by atoms with Crippen LogP contribution in [0.4, 0.5) is 10.5 Å². The quantitative estimate of drug-likeness (QED) is 0.864. The van der Waals surface area contributed by atoms with Gasteiger partial charge in [-0.1, -0.05) is 6.07 Å². The van der Waals surface area contributed by atoms with Crippen molar-refractivity contribution >= 4 is 11.7 Å². The molecule has 1 aliphatic carbocycles. The first-order valence-electron chi connectivity index (χ1n) is 8.23. The van der Waals surface area contributed by atoms with Crippen molar-refractivity contribution < 1.29 is 23.7 Å². The molecule has 7 heteroatoms. The molecule has 1 aromatic carbocycles. The highest BCUT2D eigenvalue weighted by atomic mass is 16.7. The molecule has 1 aliphatic heterocycles. The van der Waals surface area contributed by atoms with E-state index >= 15 is 0 Å². The molecule has 1 heterocycles. The van der Waals surface area contributed by atoms with Gasteiger partial charge in [0.15, 0.2) is 17.3 Å². The van der Waals surface area contributed by atoms with Crippen LogP contribution in [-0.4, -0.2) is 45.3 Å². The molecule has 2 fully saturated rings. The predicted octanol–water partition coefficient (Wildman–Crippen LogP) is 2.51. The summed E-state index contributed by atoms with van der Waals surface area (Å²) in [6.07, 6.45) is 4.04. The number of urea groups is 1. The summed E-state index contributed by atoms with van der Waals surface area (Å²) in [5, 5.41) is 5.59. The summed E-state index contributed by atoms with van der Waals surface area (Å²) >= 11 is 0. The van der Waals surface area contributed by atoms with E-state index in [1.807, 2.05) is 0 Å². The lowest BCUT2D eigenvalue weighted by Gasteiger charge is -2.22. The smallest absolute Gasteiger partial charge is 0.319 e. The van der Waals surface area contributed by atoms with Gasteiger partial charge in [0, 0.05) is 19.4 Å². The summed E-state index contributed by atoms with van der Waals surface area (Å²) in [5.74, 6) is 0.644. The van der Waals surface area contributed by atoms with Crippen molar-refractivity contribution in [3.05, 3.63) is 18.2 Å². The normalized spacial score (nSPS) is 21.7. The van der Waals surface area contributed by atoms with E-state index in [0.717, 1.165) is 25.7 Å². The molecule has 0 unspecified atom stereocenters. The fourth-order valence-corrected chi connectivity index (χ4v) is 3.25. The van der Waals surface area contributed by atoms with E-state index in [2.05, 4.69) is 10.6 Å². The van der Waals surface area contributed by atoms with Gasteiger partial charge in [0.05, 0.1) is 26.5 Å². The highest BCUT2D eigenvalue weighted by molar-refractivity contribution is 5.91. The van der Waals surface area contributed by atoms with Gasteiger partial charge in [-0.3, -0.25) is 0 Å². The van der Waals surface area contributed by atoms with E-state index in [-0.39, 0.29) is 12.1 Å². The monoisotopic (exact) mass is 336 g/mol. The van der Waals surface area contributed by atoms with E-state index < -0.39 is 5.79 Å². The van der Waals surface area contributed by atoms with Crippen molar-refractivity contribution in [3.8, 4) is 11.5 Å². The zero-order chi connectivity index (χ0) is 17.0. The van der Waals surface area contributed by atoms with Crippen molar-refractivity contribution in [1.82, 2.24) is 5.32 Å². The molecule has 0 bridgehead atoms. The number of hydrogen-bond donors (Lipinski definition) is 2. The molecule has 2 N–H and O–H groups in total. The van der Waals surface area contributed by atoms with E-state index in [1.165, 1.54) is 7.11 Å². The second-order valence-corrected chi connectivity index (χ2v) is 6.04. The molecule has 2 amide bonds. The van der Waals surface area contributed by atoms with Crippen LogP contribution in [0, 0.1) is 0 Å². The van der Waals surface area contributed by atoms with Gasteiger partial charge in [-0.2, -0.15) is 0 Å². The Bertz CT molecular complexity index is 586. The topological polar surface area (TPSA) is 78.1 Å². The van der Waals surface area contributed by atoms with Crippen LogP contribution in [0.5, 0.6) is 11.5 Å². The molecule has 1 atom stereocenters. The summed E-state index contributed by atoms with van der Waals surface area (Å²) in [5.41, 5.74) is 0.546. The molecule has 1 saturated carbocycles. The summed E-state index contributed by atoms with van der Waals surface area (Å²) in [6, 6.07) is 4.99. The average molecular weight is 336 g/mol. The van der Waals surface area contributed by atoms with Crippen molar-refractivity contribution in [1.29, 1.82) is 0 Å². The molecule has 1 saturated heterocycles. The predicted molar refractivity (Wildman–Crippen MR) is 88.6 cm³/mol. The Balaban J connectivity index is 1.51. The van der Waals surface area contributed by atoms with Crippen molar-refractivity contribution in [2.24, 2.45) is 0 Å². The molecule has 3 rings (SSSR count). The molecule has 0 aromatic heterocycles. The molecule has 24 heavy (non-hydrogen) atoms. The third-order valence-electron chi connectivity index (χ3n) is 4.42. The lowest BCUT2D eigenvalue weighted by atomic mass is 10.2. The van der Waals surface area contributed by atoms with E-state index in [4.69, 9.17) is 18.9 Å². The Kier molecular flexibility index (Phi) is 5.11. The summed E-state index contributed by atoms with van der Waals surface area (Å²) < 4.78 is 22.3.